The molecule has 0 aromatic heterocycles. The summed E-state index contributed by atoms with van der Waals surface area (Å²) < 4.78 is 0. The number of carboxylic acid groups (broad SMARTS) is 1. The number of carbonyl (C=O) groups is 13. The van der Waals surface area contributed by atoms with Gasteiger partial charge in [0.1, 0.15) is 48.3 Å². The molecule has 0 bridgehead atoms. The zero-order valence-corrected chi connectivity index (χ0v) is 38.8. The molecule has 12 amide bonds. The van der Waals surface area contributed by atoms with Gasteiger partial charge in [-0.1, -0.05) is 30.3 Å². The molecule has 1 aliphatic rings. The SMILES string of the molecule is C[C@H](NC(=O)[C@@H]1CCC(=O)N1)C(=O)N[C@@H](CCCCN)C(=O)N[C@@H](CO)C(=O)N[C@@H](CCC(=O)O)C(=O)NCC(=O)NCC(=O)N[C@@H](CO)C(=O)N[C@@H](CC(N)=O)C(=O)N[C@@H](Cc1ccccc1)C(N)=O. The molecule has 19 N–H and O–H groups in total. The second kappa shape index (κ2) is 30.6. The van der Waals surface area contributed by atoms with Gasteiger partial charge in [-0.25, -0.2) is 0 Å². The standard InChI is InChI=1S/C42H63N13O16/c1-21(48-38(67)25-10-12-31(59)49-25)36(65)51-23(9-5-6-14-43)39(68)55-29(20-57)42(71)52-24(11-13-34(62)63)37(66)47-17-32(60)46-18-33(61)50-28(19-56)41(70)54-27(16-30(44)58)40(69)53-26(35(45)64)15-22-7-3-2-4-8-22/h2-4,7-8,21,23-29,56-57H,5-6,9-20,43H2,1H3,(H2,44,58)(H2,45,64)(H,46,60)(H,47,66)(H,48,67)(H,49,59)(H,50,61)(H,51,65)(H,52,71)(H,53,69)(H,54,70)(H,55,68)(H,62,63)/t21-,23-,24-,25-,26-,27-,28-,29-/m0/s1. The third-order valence-electron chi connectivity index (χ3n) is 10.4. The van der Waals surface area contributed by atoms with E-state index in [0.717, 1.165) is 0 Å². The number of nitrogens with two attached hydrogens (primary N) is 3. The van der Waals surface area contributed by atoms with Crippen LogP contribution >= 0.6 is 0 Å². The van der Waals surface area contributed by atoms with Gasteiger partial charge >= 0.3 is 5.97 Å². The van der Waals surface area contributed by atoms with Crippen LogP contribution in [0.25, 0.3) is 0 Å². The fourth-order valence-corrected chi connectivity index (χ4v) is 6.52. The quantitative estimate of drug-likeness (QED) is 0.0298. The van der Waals surface area contributed by atoms with Crippen molar-refractivity contribution in [1.82, 2.24) is 53.2 Å². The van der Waals surface area contributed by atoms with E-state index < -0.39 is 165 Å². The van der Waals surface area contributed by atoms with E-state index in [1.54, 1.807) is 30.3 Å². The third-order valence-corrected chi connectivity index (χ3v) is 10.4. The first-order valence-corrected chi connectivity index (χ1v) is 22.3. The van der Waals surface area contributed by atoms with Crippen molar-refractivity contribution < 1.29 is 77.6 Å². The van der Waals surface area contributed by atoms with E-state index >= 15 is 0 Å². The molecule has 71 heavy (non-hydrogen) atoms. The van der Waals surface area contributed by atoms with Gasteiger partial charge in [-0.15, -0.1) is 0 Å². The Hall–Kier alpha value is -7.79. The predicted octanol–water partition coefficient (Wildman–Crippen LogP) is -8.51. The Morgan fingerprint density at radius 1 is 0.648 bits per heavy atom. The van der Waals surface area contributed by atoms with E-state index in [9.17, 15) is 77.6 Å². The summed E-state index contributed by atoms with van der Waals surface area (Å²) in [5.41, 5.74) is 16.9. The average molecular weight is 1010 g/mol. The van der Waals surface area contributed by atoms with Crippen LogP contribution in [0.3, 0.4) is 0 Å². The second-order valence-electron chi connectivity index (χ2n) is 16.2. The first-order valence-electron chi connectivity index (χ1n) is 22.3. The fraction of sp³-hybridized carbons (Fsp3) is 0.548. The minimum Gasteiger partial charge on any atom is -0.481 e. The van der Waals surface area contributed by atoms with Gasteiger partial charge in [-0.05, 0) is 51.1 Å². The lowest BCUT2D eigenvalue weighted by Crippen LogP contribution is -2.59. The summed E-state index contributed by atoms with van der Waals surface area (Å²) in [5.74, 6) is -12.7. The van der Waals surface area contributed by atoms with Crippen LogP contribution in [-0.2, 0) is 68.7 Å². The van der Waals surface area contributed by atoms with Crippen molar-refractivity contribution in [1.29, 1.82) is 0 Å². The number of benzene rings is 1. The maximum absolute atomic E-state index is 13.4. The summed E-state index contributed by atoms with van der Waals surface area (Å²) >= 11 is 0. The summed E-state index contributed by atoms with van der Waals surface area (Å²) in [7, 11) is 0. The maximum atomic E-state index is 13.4. The van der Waals surface area contributed by atoms with Crippen LogP contribution in [0.1, 0.15) is 63.9 Å². The Balaban J connectivity index is 2.00. The molecule has 1 fully saturated rings. The Morgan fingerprint density at radius 2 is 1.18 bits per heavy atom. The molecule has 0 spiro atoms. The summed E-state index contributed by atoms with van der Waals surface area (Å²) in [6.45, 7) is -2.26. The van der Waals surface area contributed by atoms with Gasteiger partial charge in [0.15, 0.2) is 0 Å². The number of aliphatic hydroxyl groups is 2. The number of aliphatic carboxylic acids is 1. The number of carbonyl (C=O) groups excluding carboxylic acids is 12. The zero-order chi connectivity index (χ0) is 53.2. The molecule has 8 atom stereocenters. The summed E-state index contributed by atoms with van der Waals surface area (Å²) in [4.78, 5) is 163. The van der Waals surface area contributed by atoms with E-state index in [1.807, 2.05) is 0 Å². The van der Waals surface area contributed by atoms with Crippen LogP contribution in [-0.4, -0.2) is 173 Å². The van der Waals surface area contributed by atoms with Crippen molar-refractivity contribution in [2.75, 3.05) is 32.8 Å². The van der Waals surface area contributed by atoms with Crippen molar-refractivity contribution >= 4 is 76.9 Å². The number of nitrogens with one attached hydrogen (secondary N) is 10. The van der Waals surface area contributed by atoms with Crippen molar-refractivity contribution in [2.24, 2.45) is 17.2 Å². The lowest BCUT2D eigenvalue weighted by atomic mass is 10.0. The highest BCUT2D eigenvalue weighted by molar-refractivity contribution is 5.99. The van der Waals surface area contributed by atoms with E-state index in [2.05, 4.69) is 53.2 Å². The van der Waals surface area contributed by atoms with Crippen LogP contribution in [0.15, 0.2) is 30.3 Å². The average Bonchev–Trinajstić information content (AvgIpc) is 3.77. The molecule has 0 aliphatic carbocycles. The molecule has 1 aliphatic heterocycles. The van der Waals surface area contributed by atoms with E-state index in [-0.39, 0.29) is 38.1 Å². The number of hydrogen-bond acceptors (Lipinski definition) is 16. The Morgan fingerprint density at radius 3 is 1.75 bits per heavy atom. The van der Waals surface area contributed by atoms with Crippen molar-refractivity contribution in [2.45, 2.75) is 113 Å². The summed E-state index contributed by atoms with van der Waals surface area (Å²) in [5, 5.41) is 51.8. The molecule has 392 valence electrons. The van der Waals surface area contributed by atoms with Crippen LogP contribution in [0.4, 0.5) is 0 Å². The lowest BCUT2D eigenvalue weighted by molar-refractivity contribution is -0.138. The second-order valence-corrected chi connectivity index (χ2v) is 16.2. The van der Waals surface area contributed by atoms with Crippen LogP contribution in [0.2, 0.25) is 0 Å². The number of rotatable bonds is 32. The van der Waals surface area contributed by atoms with Gasteiger partial charge in [0.05, 0.1) is 32.7 Å². The molecule has 29 nitrogen and oxygen atoms in total. The lowest BCUT2D eigenvalue weighted by Gasteiger charge is -2.25. The number of carboxylic acids is 1. The van der Waals surface area contributed by atoms with Gasteiger partial charge in [-0.2, -0.15) is 0 Å². The van der Waals surface area contributed by atoms with Gasteiger partial charge in [0, 0.05) is 19.3 Å². The summed E-state index contributed by atoms with van der Waals surface area (Å²) in [6.07, 6.45) is -0.972. The van der Waals surface area contributed by atoms with Crippen molar-refractivity contribution in [3.05, 3.63) is 35.9 Å². The molecule has 1 heterocycles. The monoisotopic (exact) mass is 1010 g/mol. The molecular formula is C42H63N13O16. The highest BCUT2D eigenvalue weighted by atomic mass is 16.4. The number of amides is 12. The van der Waals surface area contributed by atoms with Gasteiger partial charge in [0.2, 0.25) is 70.9 Å². The topological polar surface area (TPSA) is 481 Å². The van der Waals surface area contributed by atoms with Crippen molar-refractivity contribution in [3.8, 4) is 0 Å². The number of aliphatic hydroxyl groups excluding tert-OH is 2. The minimum absolute atomic E-state index is 0.00511. The van der Waals surface area contributed by atoms with Crippen LogP contribution in [0.5, 0.6) is 0 Å². The van der Waals surface area contributed by atoms with Gasteiger partial charge in [-0.3, -0.25) is 62.3 Å². The molecule has 0 saturated carbocycles. The maximum Gasteiger partial charge on any atom is 0.303 e. The Labute approximate surface area is 406 Å². The number of hydrogen-bond donors (Lipinski definition) is 16. The Bertz CT molecular complexity index is 2100. The minimum atomic E-state index is -1.77. The molecule has 29 heteroatoms. The van der Waals surface area contributed by atoms with Crippen molar-refractivity contribution in [3.63, 3.8) is 0 Å². The predicted molar refractivity (Wildman–Crippen MR) is 243 cm³/mol. The zero-order valence-electron chi connectivity index (χ0n) is 38.8. The molecule has 2 rings (SSSR count). The molecule has 1 aromatic carbocycles. The Kier molecular flexibility index (Phi) is 25.6. The third kappa shape index (κ3) is 22.0. The van der Waals surface area contributed by atoms with Crippen LogP contribution in [0, 0.1) is 0 Å². The highest BCUT2D eigenvalue weighted by Crippen LogP contribution is 2.09. The molecule has 1 saturated heterocycles. The largest absolute Gasteiger partial charge is 0.481 e. The number of unbranched alkanes of at least 4 members (excludes halogenated alkanes) is 1. The van der Waals surface area contributed by atoms with Crippen LogP contribution < -0.4 is 70.4 Å². The van der Waals surface area contributed by atoms with E-state index in [1.165, 1.54) is 6.92 Å². The fourth-order valence-electron chi connectivity index (χ4n) is 6.52. The molecule has 1 aromatic rings. The van der Waals surface area contributed by atoms with Gasteiger partial charge in [0.25, 0.3) is 0 Å². The first kappa shape index (κ1) is 59.3. The smallest absolute Gasteiger partial charge is 0.303 e. The molecule has 0 unspecified atom stereocenters. The normalized spacial score (nSPS) is 15.8. The first-order chi connectivity index (χ1) is 33.6. The van der Waals surface area contributed by atoms with E-state index in [0.29, 0.717) is 18.4 Å². The molecular weight excluding hydrogens is 943 g/mol. The highest BCUT2D eigenvalue weighted by Gasteiger charge is 2.34. The van der Waals surface area contributed by atoms with Gasteiger partial charge < -0.3 is 85.7 Å². The summed E-state index contributed by atoms with van der Waals surface area (Å²) in [6, 6.07) is -3.13. The molecule has 0 radical (unpaired) electrons. The van der Waals surface area contributed by atoms with E-state index in [4.69, 9.17) is 17.2 Å². The number of primary amides is 2.